The molecule has 2 aromatic heterocycles. The van der Waals surface area contributed by atoms with E-state index >= 15 is 0 Å². The predicted octanol–water partition coefficient (Wildman–Crippen LogP) is 2.96. The van der Waals surface area contributed by atoms with Gasteiger partial charge in [-0.25, -0.2) is 0 Å². The fourth-order valence-electron chi connectivity index (χ4n) is 1.92. The van der Waals surface area contributed by atoms with Gasteiger partial charge in [-0.2, -0.15) is 5.10 Å². The Hall–Kier alpha value is -0.690. The Morgan fingerprint density at radius 1 is 1.53 bits per heavy atom. The quantitative estimate of drug-likeness (QED) is 0.877. The third kappa shape index (κ3) is 3.25. The van der Waals surface area contributed by atoms with E-state index in [-0.39, 0.29) is 6.04 Å². The first-order valence-electron chi connectivity index (χ1n) is 6.21. The second-order valence-electron chi connectivity index (χ2n) is 4.23. The molecule has 2 heterocycles. The third-order valence-electron chi connectivity index (χ3n) is 2.97. The molecule has 6 heteroatoms. The Labute approximate surface area is 125 Å². The number of halogens is 1. The largest absolute Gasteiger partial charge is 0.383 e. The third-order valence-corrected chi connectivity index (χ3v) is 4.90. The number of hydrogen-bond acceptors (Lipinski definition) is 4. The summed E-state index contributed by atoms with van der Waals surface area (Å²) >= 11 is 5.29. The van der Waals surface area contributed by atoms with Gasteiger partial charge in [-0.1, -0.05) is 6.92 Å². The maximum absolute atomic E-state index is 6.38. The van der Waals surface area contributed by atoms with E-state index in [2.05, 4.69) is 40.1 Å². The lowest BCUT2D eigenvalue weighted by Crippen LogP contribution is -2.18. The zero-order chi connectivity index (χ0) is 13.8. The van der Waals surface area contributed by atoms with Crippen molar-refractivity contribution >= 4 is 27.3 Å². The number of methoxy groups -OCH3 is 1. The van der Waals surface area contributed by atoms with Crippen molar-refractivity contribution in [3.8, 4) is 0 Å². The summed E-state index contributed by atoms with van der Waals surface area (Å²) < 4.78 is 7.96. The first-order chi connectivity index (χ1) is 9.17. The summed E-state index contributed by atoms with van der Waals surface area (Å²) in [5.74, 6) is 0. The van der Waals surface area contributed by atoms with Gasteiger partial charge in [0.25, 0.3) is 0 Å². The second-order valence-corrected chi connectivity index (χ2v) is 6.28. The van der Waals surface area contributed by atoms with Gasteiger partial charge < -0.3 is 10.5 Å². The van der Waals surface area contributed by atoms with Gasteiger partial charge in [0.1, 0.15) is 0 Å². The predicted molar refractivity (Wildman–Crippen MR) is 81.5 cm³/mol. The zero-order valence-corrected chi connectivity index (χ0v) is 13.5. The van der Waals surface area contributed by atoms with Crippen molar-refractivity contribution in [1.82, 2.24) is 9.78 Å². The van der Waals surface area contributed by atoms with Crippen LogP contribution in [0.2, 0.25) is 0 Å². The average molecular weight is 344 g/mol. The number of aryl methyl sites for hydroxylation is 1. The molecule has 104 valence electrons. The van der Waals surface area contributed by atoms with Gasteiger partial charge in [-0.15, -0.1) is 11.3 Å². The first-order valence-corrected chi connectivity index (χ1v) is 7.82. The Bertz CT molecular complexity index is 538. The summed E-state index contributed by atoms with van der Waals surface area (Å²) in [4.78, 5) is 2.52. The van der Waals surface area contributed by atoms with E-state index in [0.717, 1.165) is 21.5 Å². The molecule has 19 heavy (non-hydrogen) atoms. The van der Waals surface area contributed by atoms with Gasteiger partial charge in [0.15, 0.2) is 0 Å². The molecular weight excluding hydrogens is 326 g/mol. The van der Waals surface area contributed by atoms with E-state index in [0.29, 0.717) is 13.2 Å². The standard InChI is InChI=1S/C13H18BrN3OS/c1-3-9-4-5-11(19-9)12(15)13-10(14)8-16-17(13)6-7-18-2/h4-5,8,12H,3,6-7,15H2,1-2H3. The molecular formula is C13H18BrN3OS. The minimum Gasteiger partial charge on any atom is -0.383 e. The number of thiophene rings is 1. The van der Waals surface area contributed by atoms with Crippen LogP contribution in [0.3, 0.4) is 0 Å². The molecule has 2 N–H and O–H groups in total. The summed E-state index contributed by atoms with van der Waals surface area (Å²) in [6, 6.07) is 4.09. The van der Waals surface area contributed by atoms with Crippen LogP contribution in [-0.2, 0) is 17.7 Å². The van der Waals surface area contributed by atoms with E-state index in [1.54, 1.807) is 24.6 Å². The van der Waals surface area contributed by atoms with Gasteiger partial charge >= 0.3 is 0 Å². The van der Waals surface area contributed by atoms with Crippen LogP contribution in [0.4, 0.5) is 0 Å². The summed E-state index contributed by atoms with van der Waals surface area (Å²) in [5, 5.41) is 4.34. The van der Waals surface area contributed by atoms with Crippen LogP contribution >= 0.6 is 27.3 Å². The lowest BCUT2D eigenvalue weighted by molar-refractivity contribution is 0.182. The monoisotopic (exact) mass is 343 g/mol. The molecule has 0 amide bonds. The molecule has 0 bridgehead atoms. The topological polar surface area (TPSA) is 53.1 Å². The van der Waals surface area contributed by atoms with Crippen LogP contribution in [0.15, 0.2) is 22.8 Å². The summed E-state index contributed by atoms with van der Waals surface area (Å²) in [6.07, 6.45) is 2.83. The van der Waals surface area contributed by atoms with Crippen LogP contribution < -0.4 is 5.73 Å². The number of nitrogens with two attached hydrogens (primary N) is 1. The highest BCUT2D eigenvalue weighted by Crippen LogP contribution is 2.31. The maximum Gasteiger partial charge on any atom is 0.0828 e. The number of ether oxygens (including phenoxy) is 1. The molecule has 0 aliphatic carbocycles. The number of aromatic nitrogens is 2. The van der Waals surface area contributed by atoms with Crippen LogP contribution in [-0.4, -0.2) is 23.5 Å². The lowest BCUT2D eigenvalue weighted by Gasteiger charge is -2.13. The highest BCUT2D eigenvalue weighted by Gasteiger charge is 2.19. The second kappa shape index (κ2) is 6.65. The number of hydrogen-bond donors (Lipinski definition) is 1. The maximum atomic E-state index is 6.38. The van der Waals surface area contributed by atoms with Gasteiger partial charge in [0.05, 0.1) is 35.6 Å². The molecule has 0 aliphatic rings. The van der Waals surface area contributed by atoms with Crippen molar-refractivity contribution in [3.63, 3.8) is 0 Å². The van der Waals surface area contributed by atoms with E-state index in [4.69, 9.17) is 10.5 Å². The highest BCUT2D eigenvalue weighted by molar-refractivity contribution is 9.10. The fourth-order valence-corrected chi connectivity index (χ4v) is 3.42. The smallest absolute Gasteiger partial charge is 0.0828 e. The molecule has 0 saturated heterocycles. The van der Waals surface area contributed by atoms with Crippen molar-refractivity contribution in [2.24, 2.45) is 5.73 Å². The lowest BCUT2D eigenvalue weighted by atomic mass is 10.2. The van der Waals surface area contributed by atoms with Gasteiger partial charge in [0.2, 0.25) is 0 Å². The molecule has 0 fully saturated rings. The molecule has 4 nitrogen and oxygen atoms in total. The van der Waals surface area contributed by atoms with Crippen molar-refractivity contribution in [3.05, 3.63) is 38.3 Å². The van der Waals surface area contributed by atoms with Crippen LogP contribution in [0.25, 0.3) is 0 Å². The minimum absolute atomic E-state index is 0.154. The molecule has 2 rings (SSSR count). The Kier molecular flexibility index (Phi) is 5.15. The van der Waals surface area contributed by atoms with Crippen molar-refractivity contribution in [2.75, 3.05) is 13.7 Å². The zero-order valence-electron chi connectivity index (χ0n) is 11.1. The Morgan fingerprint density at radius 3 is 2.95 bits per heavy atom. The van der Waals surface area contributed by atoms with E-state index < -0.39 is 0 Å². The van der Waals surface area contributed by atoms with E-state index in [1.807, 2.05) is 4.68 Å². The highest BCUT2D eigenvalue weighted by atomic mass is 79.9. The summed E-state index contributed by atoms with van der Waals surface area (Å²) in [7, 11) is 1.69. The van der Waals surface area contributed by atoms with Crippen LogP contribution in [0, 0.1) is 0 Å². The SMILES string of the molecule is CCc1ccc(C(N)c2c(Br)cnn2CCOC)s1. The molecule has 2 aromatic rings. The molecule has 0 aromatic carbocycles. The van der Waals surface area contributed by atoms with Gasteiger partial charge in [0, 0.05) is 16.9 Å². The first kappa shape index (κ1) is 14.7. The molecule has 0 aliphatic heterocycles. The molecule has 0 spiro atoms. The van der Waals surface area contributed by atoms with Crippen molar-refractivity contribution < 1.29 is 4.74 Å². The molecule has 0 saturated carbocycles. The Morgan fingerprint density at radius 2 is 2.32 bits per heavy atom. The Balaban J connectivity index is 2.26. The van der Waals surface area contributed by atoms with Gasteiger partial charge in [-0.3, -0.25) is 4.68 Å². The minimum atomic E-state index is -0.154. The molecule has 0 radical (unpaired) electrons. The number of rotatable bonds is 6. The summed E-state index contributed by atoms with van der Waals surface area (Å²) in [6.45, 7) is 3.48. The van der Waals surface area contributed by atoms with Crippen molar-refractivity contribution in [2.45, 2.75) is 25.9 Å². The molecule has 1 unspecified atom stereocenters. The normalized spacial score (nSPS) is 12.8. The van der Waals surface area contributed by atoms with Crippen LogP contribution in [0.5, 0.6) is 0 Å². The van der Waals surface area contributed by atoms with E-state index in [9.17, 15) is 0 Å². The van der Waals surface area contributed by atoms with Crippen molar-refractivity contribution in [1.29, 1.82) is 0 Å². The summed E-state index contributed by atoms with van der Waals surface area (Å²) in [5.41, 5.74) is 7.38. The fraction of sp³-hybridized carbons (Fsp3) is 0.462. The number of nitrogens with zero attached hydrogens (tertiary/aromatic N) is 2. The van der Waals surface area contributed by atoms with Crippen LogP contribution in [0.1, 0.15) is 28.4 Å². The van der Waals surface area contributed by atoms with E-state index in [1.165, 1.54) is 4.88 Å². The molecule has 1 atom stereocenters. The average Bonchev–Trinajstić information content (AvgIpc) is 3.02. The van der Waals surface area contributed by atoms with Gasteiger partial charge in [-0.05, 0) is 34.5 Å².